The van der Waals surface area contributed by atoms with Crippen LogP contribution in [0.5, 0.6) is 0 Å². The summed E-state index contributed by atoms with van der Waals surface area (Å²) in [7, 11) is 0. The van der Waals surface area contributed by atoms with Crippen molar-refractivity contribution in [3.05, 3.63) is 12.2 Å². The number of aliphatic hydroxyl groups excluding tert-OH is 1. The summed E-state index contributed by atoms with van der Waals surface area (Å²) in [6, 6.07) is 0.509. The van der Waals surface area contributed by atoms with Gasteiger partial charge in [-0.2, -0.15) is 0 Å². The Hall–Kier alpha value is -0.910. The molecule has 9 aliphatic rings. The summed E-state index contributed by atoms with van der Waals surface area (Å²) in [5.74, 6) is 1.42. The quantitative estimate of drug-likeness (QED) is 0.572. The maximum Gasteiger partial charge on any atom is 0.303 e. The molecule has 0 aromatic carbocycles. The highest BCUT2D eigenvalue weighted by Gasteiger charge is 2.89. The van der Waals surface area contributed by atoms with Gasteiger partial charge in [0.2, 0.25) is 0 Å². The van der Waals surface area contributed by atoms with Gasteiger partial charge in [-0.25, -0.2) is 0 Å². The molecule has 1 N–H and O–H groups in total. The third-order valence-electron chi connectivity index (χ3n) is 11.2. The van der Waals surface area contributed by atoms with E-state index < -0.39 is 0 Å². The molecule has 9 fully saturated rings. The molecule has 29 heavy (non-hydrogen) atoms. The van der Waals surface area contributed by atoms with Gasteiger partial charge >= 0.3 is 5.97 Å². The number of hydrogen-bond donors (Lipinski definition) is 1. The Kier molecular flexibility index (Phi) is 3.02. The van der Waals surface area contributed by atoms with E-state index in [-0.39, 0.29) is 46.6 Å². The minimum absolute atomic E-state index is 0.0552. The average Bonchev–Trinajstić information content (AvgIpc) is 3.22. The summed E-state index contributed by atoms with van der Waals surface area (Å²) >= 11 is 0. The Balaban J connectivity index is 1.47. The highest BCUT2D eigenvalue weighted by atomic mass is 16.5. The fourth-order valence-electron chi connectivity index (χ4n) is 10.8. The summed E-state index contributed by atoms with van der Waals surface area (Å²) in [5.41, 5.74) is 1.24. The fraction of sp³-hybridized carbons (Fsp3) is 0.875. The predicted octanol–water partition coefficient (Wildman–Crippen LogP) is 2.73. The van der Waals surface area contributed by atoms with E-state index in [1.54, 1.807) is 0 Å². The Morgan fingerprint density at radius 2 is 2.17 bits per heavy atom. The lowest BCUT2D eigenvalue weighted by Crippen LogP contribution is -2.78. The topological polar surface area (TPSA) is 59.0 Å². The van der Waals surface area contributed by atoms with Crippen LogP contribution in [0.25, 0.3) is 0 Å². The van der Waals surface area contributed by atoms with Gasteiger partial charge in [0.1, 0.15) is 12.3 Å². The number of aliphatic hydroxyl groups is 1. The molecule has 2 spiro atoms. The van der Waals surface area contributed by atoms with E-state index in [0.29, 0.717) is 29.9 Å². The molecular weight excluding hydrogens is 366 g/mol. The number of carbonyl (C=O) groups excluding carboxylic acids is 1. The van der Waals surface area contributed by atoms with Crippen molar-refractivity contribution in [3.8, 4) is 0 Å². The van der Waals surface area contributed by atoms with Crippen molar-refractivity contribution < 1.29 is 19.4 Å². The molecule has 0 radical (unpaired) electrons. The van der Waals surface area contributed by atoms with Gasteiger partial charge in [0, 0.05) is 35.1 Å². The van der Waals surface area contributed by atoms with Crippen LogP contribution in [0.15, 0.2) is 12.2 Å². The zero-order valence-corrected chi connectivity index (χ0v) is 17.8. The van der Waals surface area contributed by atoms with Gasteiger partial charge in [-0.05, 0) is 62.0 Å². The molecule has 5 heteroatoms. The number of esters is 1. The number of carbonyl (C=O) groups is 1. The first kappa shape index (κ1) is 17.7. The molecule has 5 nitrogen and oxygen atoms in total. The van der Waals surface area contributed by atoms with Gasteiger partial charge in [0.25, 0.3) is 0 Å². The van der Waals surface area contributed by atoms with E-state index in [0.717, 1.165) is 31.4 Å². The second kappa shape index (κ2) is 4.94. The van der Waals surface area contributed by atoms with Crippen molar-refractivity contribution in [1.29, 1.82) is 0 Å². The van der Waals surface area contributed by atoms with Crippen LogP contribution in [-0.4, -0.2) is 53.1 Å². The second-order valence-corrected chi connectivity index (χ2v) is 11.5. The lowest BCUT2D eigenvalue weighted by molar-refractivity contribution is -0.372. The predicted molar refractivity (Wildman–Crippen MR) is 106 cm³/mol. The summed E-state index contributed by atoms with van der Waals surface area (Å²) in [6.07, 6.45) is 5.35. The lowest BCUT2D eigenvalue weighted by Gasteiger charge is -2.73. The van der Waals surface area contributed by atoms with Gasteiger partial charge in [-0.3, -0.25) is 9.69 Å². The molecule has 12 atom stereocenters. The Bertz CT molecular complexity index is 843. The summed E-state index contributed by atoms with van der Waals surface area (Å²) in [4.78, 5) is 14.8. The van der Waals surface area contributed by atoms with E-state index >= 15 is 0 Å². The molecule has 0 aromatic heterocycles. The first-order valence-corrected chi connectivity index (χ1v) is 11.8. The lowest BCUT2D eigenvalue weighted by atomic mass is 9.41. The van der Waals surface area contributed by atoms with E-state index in [2.05, 4.69) is 25.3 Å². The number of rotatable bonds is 2. The van der Waals surface area contributed by atoms with Crippen molar-refractivity contribution in [2.24, 2.45) is 39.9 Å². The highest BCUT2D eigenvalue weighted by molar-refractivity contribution is 5.67. The molecule has 4 aliphatic heterocycles. The number of nitrogens with zero attached hydrogens (tertiary/aromatic N) is 1. The van der Waals surface area contributed by atoms with Crippen molar-refractivity contribution in [2.45, 2.75) is 83.5 Å². The molecule has 4 saturated heterocycles. The van der Waals surface area contributed by atoms with Gasteiger partial charge in [0.15, 0.2) is 0 Å². The van der Waals surface area contributed by atoms with Crippen LogP contribution < -0.4 is 0 Å². The number of fused-ring (bicyclic) bond motifs is 2. The third kappa shape index (κ3) is 1.52. The van der Waals surface area contributed by atoms with Crippen LogP contribution in [0.2, 0.25) is 0 Å². The van der Waals surface area contributed by atoms with Gasteiger partial charge < -0.3 is 14.6 Å². The van der Waals surface area contributed by atoms with E-state index in [1.807, 2.05) is 0 Å². The SMILES string of the molecule is C=C1[C@H]2C[C@@]3([C@@H]1OC(C)=O)[C@@H](C[C@H]2O)[C@]12[C@@H]4CC[C@]5(C)[C@H]1C[C@H]3[C@H]2N(CC)[C@@H]5O4. The van der Waals surface area contributed by atoms with Gasteiger partial charge in [-0.1, -0.05) is 20.4 Å². The van der Waals surface area contributed by atoms with E-state index in [4.69, 9.17) is 9.47 Å². The van der Waals surface area contributed by atoms with E-state index in [1.165, 1.54) is 19.8 Å². The largest absolute Gasteiger partial charge is 0.457 e. The number of piperidine rings is 1. The average molecular weight is 400 g/mol. The first-order chi connectivity index (χ1) is 13.8. The molecule has 9 bridgehead atoms. The van der Waals surface area contributed by atoms with E-state index in [9.17, 15) is 9.90 Å². The smallest absolute Gasteiger partial charge is 0.303 e. The normalized spacial score (nSPS) is 63.3. The summed E-state index contributed by atoms with van der Waals surface area (Å²) < 4.78 is 12.9. The van der Waals surface area contributed by atoms with Crippen LogP contribution in [-0.2, 0) is 14.3 Å². The maximum absolute atomic E-state index is 12.1. The summed E-state index contributed by atoms with van der Waals surface area (Å²) in [5, 5.41) is 11.2. The Labute approximate surface area is 172 Å². The highest BCUT2D eigenvalue weighted by Crippen LogP contribution is 2.86. The molecule has 5 saturated carbocycles. The van der Waals surface area contributed by atoms with Crippen LogP contribution in [0.1, 0.15) is 52.9 Å². The zero-order chi connectivity index (χ0) is 20.1. The molecular formula is C24H33NO4. The van der Waals surface area contributed by atoms with Crippen molar-refractivity contribution >= 4 is 5.97 Å². The van der Waals surface area contributed by atoms with Crippen molar-refractivity contribution in [1.82, 2.24) is 4.90 Å². The van der Waals surface area contributed by atoms with Crippen LogP contribution in [0.4, 0.5) is 0 Å². The van der Waals surface area contributed by atoms with Gasteiger partial charge in [0.05, 0.1) is 12.2 Å². The molecule has 4 heterocycles. The molecule has 0 unspecified atom stereocenters. The minimum Gasteiger partial charge on any atom is -0.457 e. The monoisotopic (exact) mass is 399 g/mol. The molecule has 0 aromatic rings. The zero-order valence-electron chi connectivity index (χ0n) is 17.8. The van der Waals surface area contributed by atoms with Crippen molar-refractivity contribution in [3.63, 3.8) is 0 Å². The fourth-order valence-corrected chi connectivity index (χ4v) is 10.8. The van der Waals surface area contributed by atoms with Crippen LogP contribution >= 0.6 is 0 Å². The molecule has 158 valence electrons. The third-order valence-corrected chi connectivity index (χ3v) is 11.2. The van der Waals surface area contributed by atoms with Crippen molar-refractivity contribution in [2.75, 3.05) is 6.54 Å². The molecule has 9 rings (SSSR count). The first-order valence-electron chi connectivity index (χ1n) is 11.8. The Morgan fingerprint density at radius 1 is 1.38 bits per heavy atom. The van der Waals surface area contributed by atoms with Gasteiger partial charge in [-0.15, -0.1) is 0 Å². The second-order valence-electron chi connectivity index (χ2n) is 11.5. The maximum atomic E-state index is 12.1. The number of hydrogen-bond acceptors (Lipinski definition) is 5. The number of ether oxygens (including phenoxy) is 2. The van der Waals surface area contributed by atoms with Crippen LogP contribution in [0, 0.1) is 39.9 Å². The molecule has 5 aliphatic carbocycles. The summed E-state index contributed by atoms with van der Waals surface area (Å²) in [6.45, 7) is 11.7. The minimum atomic E-state index is -0.366. The standard InChI is InChI=1S/C24H33NO4/c1-5-25-19-14-8-16-22(4)7-6-18(29-21(22)25)24(16,19)17-9-15(27)13-10-23(14,17)20(11(13)2)28-12(3)26/h13-21,27H,2,5-10H2,1,3-4H3/t13-,14+,15-,16-,17-,18+,19-,20-,21-,22-,23+,24+/m1/s1. The molecule has 0 amide bonds. The van der Waals surface area contributed by atoms with Crippen LogP contribution in [0.3, 0.4) is 0 Å². The Morgan fingerprint density at radius 3 is 2.90 bits per heavy atom.